The highest BCUT2D eigenvalue weighted by Gasteiger charge is 2.30. The van der Waals surface area contributed by atoms with Crippen LogP contribution in [0.25, 0.3) is 0 Å². The summed E-state index contributed by atoms with van der Waals surface area (Å²) < 4.78 is 8.47. The quantitative estimate of drug-likeness (QED) is 0.661. The summed E-state index contributed by atoms with van der Waals surface area (Å²) in [6, 6.07) is 5.18. The molecule has 9 heteroatoms. The fourth-order valence-corrected chi connectivity index (χ4v) is 4.43. The SMILES string of the molecule is CC(Oc1cc(Cl)cc(Cl)c1)C(=O)N1CCC(c2n[nH]c(=S)n2C(C)C)CC1. The van der Waals surface area contributed by atoms with Gasteiger partial charge in [0.15, 0.2) is 10.9 Å². The average molecular weight is 443 g/mol. The number of likely N-dealkylation sites (tertiary alicyclic amines) is 1. The minimum Gasteiger partial charge on any atom is -0.481 e. The normalized spacial score (nSPS) is 16.4. The lowest BCUT2D eigenvalue weighted by molar-refractivity contribution is -0.139. The van der Waals surface area contributed by atoms with Gasteiger partial charge < -0.3 is 14.2 Å². The third kappa shape index (κ3) is 4.70. The number of rotatable bonds is 5. The Morgan fingerprint density at radius 1 is 1.21 bits per heavy atom. The number of hydrogen-bond acceptors (Lipinski definition) is 4. The molecule has 1 saturated heterocycles. The maximum atomic E-state index is 12.8. The van der Waals surface area contributed by atoms with E-state index >= 15 is 0 Å². The van der Waals surface area contributed by atoms with E-state index < -0.39 is 6.10 Å². The van der Waals surface area contributed by atoms with Crippen LogP contribution in [0.15, 0.2) is 18.2 Å². The molecule has 1 N–H and O–H groups in total. The lowest BCUT2D eigenvalue weighted by Crippen LogP contribution is -2.44. The summed E-state index contributed by atoms with van der Waals surface area (Å²) in [5.74, 6) is 1.70. The van der Waals surface area contributed by atoms with Crippen molar-refractivity contribution in [3.05, 3.63) is 38.8 Å². The van der Waals surface area contributed by atoms with Crippen molar-refractivity contribution in [3.63, 3.8) is 0 Å². The molecule has 28 heavy (non-hydrogen) atoms. The molecule has 1 fully saturated rings. The second-order valence-corrected chi connectivity index (χ2v) is 8.58. The molecule has 6 nitrogen and oxygen atoms in total. The number of benzene rings is 1. The molecule has 1 aliphatic rings. The van der Waals surface area contributed by atoms with Gasteiger partial charge in [-0.05, 0) is 64.0 Å². The molecule has 1 aromatic heterocycles. The van der Waals surface area contributed by atoms with Crippen molar-refractivity contribution < 1.29 is 9.53 Å². The zero-order valence-electron chi connectivity index (χ0n) is 16.1. The van der Waals surface area contributed by atoms with Gasteiger partial charge in [0.05, 0.1) is 0 Å². The highest BCUT2D eigenvalue weighted by atomic mass is 35.5. The Morgan fingerprint density at radius 3 is 2.39 bits per heavy atom. The van der Waals surface area contributed by atoms with Gasteiger partial charge in [0.25, 0.3) is 5.91 Å². The summed E-state index contributed by atoms with van der Waals surface area (Å²) in [4.78, 5) is 14.6. The van der Waals surface area contributed by atoms with Crippen LogP contribution in [-0.2, 0) is 4.79 Å². The highest BCUT2D eigenvalue weighted by molar-refractivity contribution is 7.71. The van der Waals surface area contributed by atoms with E-state index in [9.17, 15) is 4.79 Å². The summed E-state index contributed by atoms with van der Waals surface area (Å²) >= 11 is 17.3. The fraction of sp³-hybridized carbons (Fsp3) is 0.526. The van der Waals surface area contributed by atoms with Crippen molar-refractivity contribution in [2.75, 3.05) is 13.1 Å². The topological polar surface area (TPSA) is 63.1 Å². The molecule has 0 aliphatic carbocycles. The molecular formula is C19H24Cl2N4O2S. The van der Waals surface area contributed by atoms with Crippen LogP contribution in [0.4, 0.5) is 0 Å². The number of aromatic nitrogens is 3. The second kappa shape index (κ2) is 8.84. The smallest absolute Gasteiger partial charge is 0.263 e. The Labute approximate surface area is 179 Å². The number of ether oxygens (including phenoxy) is 1. The van der Waals surface area contributed by atoms with Crippen molar-refractivity contribution in [1.82, 2.24) is 19.7 Å². The van der Waals surface area contributed by atoms with Gasteiger partial charge in [-0.1, -0.05) is 23.2 Å². The van der Waals surface area contributed by atoms with Crippen LogP contribution in [0.5, 0.6) is 5.75 Å². The van der Waals surface area contributed by atoms with E-state index in [1.807, 2.05) is 4.90 Å². The summed E-state index contributed by atoms with van der Waals surface area (Å²) in [7, 11) is 0. The lowest BCUT2D eigenvalue weighted by atomic mass is 9.95. The number of halogens is 2. The van der Waals surface area contributed by atoms with E-state index in [-0.39, 0.29) is 17.9 Å². The molecule has 1 unspecified atom stereocenters. The Bertz CT molecular complexity index is 883. The van der Waals surface area contributed by atoms with Crippen molar-refractivity contribution in [3.8, 4) is 5.75 Å². The zero-order valence-corrected chi connectivity index (χ0v) is 18.4. The Kier molecular flexibility index (Phi) is 6.68. The molecular weight excluding hydrogens is 419 g/mol. The maximum absolute atomic E-state index is 12.8. The van der Waals surface area contributed by atoms with Gasteiger partial charge in [-0.3, -0.25) is 9.89 Å². The first-order chi connectivity index (χ1) is 13.3. The minimum absolute atomic E-state index is 0.0442. The third-order valence-electron chi connectivity index (χ3n) is 4.92. The Morgan fingerprint density at radius 2 is 1.82 bits per heavy atom. The van der Waals surface area contributed by atoms with Crippen molar-refractivity contribution >= 4 is 41.3 Å². The van der Waals surface area contributed by atoms with Crippen LogP contribution in [0.3, 0.4) is 0 Å². The van der Waals surface area contributed by atoms with Crippen molar-refractivity contribution in [1.29, 1.82) is 0 Å². The number of piperidine rings is 1. The van der Waals surface area contributed by atoms with Gasteiger partial charge in [0.2, 0.25) is 0 Å². The van der Waals surface area contributed by atoms with Crippen LogP contribution < -0.4 is 4.74 Å². The Hall–Kier alpha value is -1.57. The first kappa shape index (κ1) is 21.1. The van der Waals surface area contributed by atoms with E-state index in [2.05, 4.69) is 28.6 Å². The molecule has 0 radical (unpaired) electrons. The fourth-order valence-electron chi connectivity index (χ4n) is 3.57. The number of amides is 1. The van der Waals surface area contributed by atoms with Gasteiger partial charge in [-0.2, -0.15) is 5.10 Å². The molecule has 0 saturated carbocycles. The van der Waals surface area contributed by atoms with Crippen LogP contribution in [0, 0.1) is 4.77 Å². The maximum Gasteiger partial charge on any atom is 0.263 e. The molecule has 2 heterocycles. The summed E-state index contributed by atoms with van der Waals surface area (Å²) in [6.45, 7) is 7.24. The van der Waals surface area contributed by atoms with Gasteiger partial charge in [0, 0.05) is 35.1 Å². The second-order valence-electron chi connectivity index (χ2n) is 7.32. The molecule has 1 atom stereocenters. The largest absolute Gasteiger partial charge is 0.481 e. The number of carbonyl (C=O) groups is 1. The number of H-pyrrole nitrogens is 1. The van der Waals surface area contributed by atoms with E-state index in [0.29, 0.717) is 33.7 Å². The van der Waals surface area contributed by atoms with Crippen LogP contribution in [0.1, 0.15) is 51.4 Å². The van der Waals surface area contributed by atoms with Crippen LogP contribution >= 0.6 is 35.4 Å². The predicted molar refractivity (Wildman–Crippen MR) is 113 cm³/mol. The molecule has 1 amide bonds. The molecule has 2 aromatic rings. The predicted octanol–water partition coefficient (Wildman–Crippen LogP) is 5.00. The number of nitrogens with one attached hydrogen (secondary N) is 1. The zero-order chi connectivity index (χ0) is 20.4. The van der Waals surface area contributed by atoms with E-state index in [1.165, 1.54) is 0 Å². The summed E-state index contributed by atoms with van der Waals surface area (Å²) in [5, 5.41) is 8.28. The molecule has 0 spiro atoms. The van der Waals surface area contributed by atoms with Crippen molar-refractivity contribution in [2.45, 2.75) is 51.7 Å². The monoisotopic (exact) mass is 442 g/mol. The van der Waals surface area contributed by atoms with Crippen molar-refractivity contribution in [2.24, 2.45) is 0 Å². The van der Waals surface area contributed by atoms with Crippen LogP contribution in [0.2, 0.25) is 10.0 Å². The molecule has 1 aromatic carbocycles. The van der Waals surface area contributed by atoms with E-state index in [1.54, 1.807) is 25.1 Å². The van der Waals surface area contributed by atoms with E-state index in [0.717, 1.165) is 18.7 Å². The first-order valence-corrected chi connectivity index (χ1v) is 10.5. The summed E-state index contributed by atoms with van der Waals surface area (Å²) in [6.07, 6.45) is 1.07. The van der Waals surface area contributed by atoms with Gasteiger partial charge in [0.1, 0.15) is 11.6 Å². The Balaban J connectivity index is 1.61. The average Bonchev–Trinajstić information content (AvgIpc) is 3.02. The number of hydrogen-bond donors (Lipinski definition) is 1. The number of carbonyl (C=O) groups excluding carboxylic acids is 1. The van der Waals surface area contributed by atoms with Gasteiger partial charge in [-0.25, -0.2) is 0 Å². The van der Waals surface area contributed by atoms with Crippen LogP contribution in [-0.4, -0.2) is 44.8 Å². The molecule has 3 rings (SSSR count). The third-order valence-corrected chi connectivity index (χ3v) is 5.64. The minimum atomic E-state index is -0.615. The van der Waals surface area contributed by atoms with Gasteiger partial charge in [-0.15, -0.1) is 0 Å². The summed E-state index contributed by atoms with van der Waals surface area (Å²) in [5.41, 5.74) is 0. The molecule has 0 bridgehead atoms. The molecule has 152 valence electrons. The highest BCUT2D eigenvalue weighted by Crippen LogP contribution is 2.29. The van der Waals surface area contributed by atoms with Gasteiger partial charge >= 0.3 is 0 Å². The standard InChI is InChI=1S/C19H24Cl2N4O2S/c1-11(2)25-17(22-23-19(25)28)13-4-6-24(7-5-13)18(26)12(3)27-16-9-14(20)8-15(21)10-16/h8-13H,4-7H2,1-3H3,(H,23,28). The lowest BCUT2D eigenvalue weighted by Gasteiger charge is -2.33. The number of aromatic amines is 1. The van der Waals surface area contributed by atoms with E-state index in [4.69, 9.17) is 40.2 Å². The number of nitrogens with zero attached hydrogens (tertiary/aromatic N) is 3. The first-order valence-electron chi connectivity index (χ1n) is 9.34. The molecule has 1 aliphatic heterocycles.